The summed E-state index contributed by atoms with van der Waals surface area (Å²) < 4.78 is 9.62. The monoisotopic (exact) mass is 226 g/mol. The molecule has 16 heavy (non-hydrogen) atoms. The first-order chi connectivity index (χ1) is 7.65. The Hall–Kier alpha value is -1.58. The van der Waals surface area contributed by atoms with Crippen molar-refractivity contribution in [2.45, 2.75) is 33.1 Å². The lowest BCUT2D eigenvalue weighted by molar-refractivity contribution is -0.139. The van der Waals surface area contributed by atoms with Crippen molar-refractivity contribution in [3.63, 3.8) is 0 Å². The molecule has 0 aliphatic rings. The zero-order valence-electron chi connectivity index (χ0n) is 9.82. The fourth-order valence-electron chi connectivity index (χ4n) is 0.959. The molecule has 0 aromatic rings. The smallest absolute Gasteiger partial charge is 0.337 e. The summed E-state index contributed by atoms with van der Waals surface area (Å²) in [6.45, 7) is 7.40. The first-order valence-electron chi connectivity index (χ1n) is 5.32. The van der Waals surface area contributed by atoms with E-state index >= 15 is 0 Å². The minimum atomic E-state index is -0.480. The third-order valence-corrected chi connectivity index (χ3v) is 1.69. The number of hydrogen-bond acceptors (Lipinski definition) is 4. The Morgan fingerprint density at radius 2 is 2.00 bits per heavy atom. The van der Waals surface area contributed by atoms with Gasteiger partial charge in [-0.2, -0.15) is 0 Å². The van der Waals surface area contributed by atoms with Crippen LogP contribution in [-0.4, -0.2) is 18.5 Å². The predicted molar refractivity (Wildman–Crippen MR) is 60.5 cm³/mol. The van der Waals surface area contributed by atoms with E-state index in [-0.39, 0.29) is 12.6 Å². The van der Waals surface area contributed by atoms with Gasteiger partial charge in [-0.15, -0.1) is 6.58 Å². The van der Waals surface area contributed by atoms with E-state index in [0.717, 1.165) is 6.26 Å². The topological polar surface area (TPSA) is 52.6 Å². The van der Waals surface area contributed by atoms with Crippen LogP contribution in [0.15, 0.2) is 24.5 Å². The fourth-order valence-corrected chi connectivity index (χ4v) is 0.959. The first kappa shape index (κ1) is 14.4. The van der Waals surface area contributed by atoms with Gasteiger partial charge in [-0.25, -0.2) is 4.79 Å². The number of carbonyl (C=O) groups excluding carboxylic acids is 2. The standard InChI is InChI=1S/C12H18O4/c1-4-7-10(12(14)15-6-3)9-16-11(13)8-5-2/h4,9H,1,5-8H2,2-3H3/b10-9+. The lowest BCUT2D eigenvalue weighted by Gasteiger charge is -2.04. The maximum Gasteiger partial charge on any atom is 0.337 e. The van der Waals surface area contributed by atoms with Crippen LogP contribution in [0.4, 0.5) is 0 Å². The van der Waals surface area contributed by atoms with Gasteiger partial charge >= 0.3 is 11.9 Å². The molecule has 0 spiro atoms. The summed E-state index contributed by atoms with van der Waals surface area (Å²) in [6.07, 6.45) is 4.07. The van der Waals surface area contributed by atoms with Gasteiger partial charge in [0, 0.05) is 12.8 Å². The average molecular weight is 226 g/mol. The van der Waals surface area contributed by atoms with Crippen LogP contribution in [0.25, 0.3) is 0 Å². The first-order valence-corrected chi connectivity index (χ1v) is 5.32. The van der Waals surface area contributed by atoms with Crippen LogP contribution in [0.2, 0.25) is 0 Å². The highest BCUT2D eigenvalue weighted by atomic mass is 16.5. The van der Waals surface area contributed by atoms with E-state index in [1.165, 1.54) is 0 Å². The van der Waals surface area contributed by atoms with Crippen molar-refractivity contribution in [2.24, 2.45) is 0 Å². The number of hydrogen-bond donors (Lipinski definition) is 0. The second kappa shape index (κ2) is 8.71. The van der Waals surface area contributed by atoms with Crippen LogP contribution in [0.3, 0.4) is 0 Å². The highest BCUT2D eigenvalue weighted by Gasteiger charge is 2.10. The molecule has 0 heterocycles. The van der Waals surface area contributed by atoms with E-state index in [2.05, 4.69) is 6.58 Å². The summed E-state index contributed by atoms with van der Waals surface area (Å²) in [4.78, 5) is 22.5. The van der Waals surface area contributed by atoms with Crippen LogP contribution in [-0.2, 0) is 19.1 Å². The number of esters is 2. The van der Waals surface area contributed by atoms with Crippen molar-refractivity contribution < 1.29 is 19.1 Å². The summed E-state index contributed by atoms with van der Waals surface area (Å²) in [6, 6.07) is 0. The molecule has 0 aromatic carbocycles. The second-order valence-electron chi connectivity index (χ2n) is 3.10. The van der Waals surface area contributed by atoms with Crippen molar-refractivity contribution in [1.82, 2.24) is 0 Å². The Labute approximate surface area is 95.9 Å². The molecule has 0 aliphatic heterocycles. The molecule has 0 atom stereocenters. The Morgan fingerprint density at radius 3 is 2.50 bits per heavy atom. The van der Waals surface area contributed by atoms with Crippen LogP contribution < -0.4 is 0 Å². The van der Waals surface area contributed by atoms with E-state index in [4.69, 9.17) is 9.47 Å². The summed E-state index contributed by atoms with van der Waals surface area (Å²) in [5.41, 5.74) is 0.293. The largest absolute Gasteiger partial charge is 0.463 e. The van der Waals surface area contributed by atoms with Gasteiger partial charge in [0.2, 0.25) is 0 Å². The molecule has 90 valence electrons. The molecule has 0 aliphatic carbocycles. The molecule has 0 saturated heterocycles. The maximum atomic E-state index is 11.4. The fraction of sp³-hybridized carbons (Fsp3) is 0.500. The van der Waals surface area contributed by atoms with Gasteiger partial charge in [0.15, 0.2) is 0 Å². The average Bonchev–Trinajstić information content (AvgIpc) is 2.24. The Balaban J connectivity index is 4.39. The minimum absolute atomic E-state index is 0.288. The van der Waals surface area contributed by atoms with Gasteiger partial charge in [-0.05, 0) is 13.3 Å². The van der Waals surface area contributed by atoms with Crippen molar-refractivity contribution in [3.8, 4) is 0 Å². The molecule has 0 fully saturated rings. The normalized spacial score (nSPS) is 10.8. The maximum absolute atomic E-state index is 11.4. The number of rotatable bonds is 7. The zero-order chi connectivity index (χ0) is 12.4. The molecule has 0 saturated carbocycles. The van der Waals surface area contributed by atoms with Gasteiger partial charge in [-0.1, -0.05) is 13.0 Å². The van der Waals surface area contributed by atoms with E-state index in [1.807, 2.05) is 6.92 Å². The van der Waals surface area contributed by atoms with Gasteiger partial charge in [0.05, 0.1) is 12.2 Å². The highest BCUT2D eigenvalue weighted by molar-refractivity contribution is 5.88. The van der Waals surface area contributed by atoms with E-state index in [0.29, 0.717) is 24.8 Å². The van der Waals surface area contributed by atoms with Gasteiger partial charge in [0.25, 0.3) is 0 Å². The van der Waals surface area contributed by atoms with E-state index in [1.54, 1.807) is 13.0 Å². The van der Waals surface area contributed by atoms with E-state index in [9.17, 15) is 9.59 Å². The SMILES string of the molecule is C=CC/C(=C\OC(=O)CCC)C(=O)OCC. The third-order valence-electron chi connectivity index (χ3n) is 1.69. The van der Waals surface area contributed by atoms with Crippen molar-refractivity contribution >= 4 is 11.9 Å². The molecule has 0 rings (SSSR count). The van der Waals surface area contributed by atoms with Gasteiger partial charge in [-0.3, -0.25) is 4.79 Å². The lowest BCUT2D eigenvalue weighted by Crippen LogP contribution is -2.09. The number of ether oxygens (including phenoxy) is 2. The van der Waals surface area contributed by atoms with E-state index < -0.39 is 5.97 Å². The lowest BCUT2D eigenvalue weighted by atomic mass is 10.2. The van der Waals surface area contributed by atoms with Crippen molar-refractivity contribution in [1.29, 1.82) is 0 Å². The second-order valence-corrected chi connectivity index (χ2v) is 3.10. The molecule has 0 N–H and O–H groups in total. The quantitative estimate of drug-likeness (QED) is 0.289. The molecule has 4 heteroatoms. The molecule has 0 aromatic heterocycles. The van der Waals surface area contributed by atoms with Crippen LogP contribution >= 0.6 is 0 Å². The Kier molecular flexibility index (Phi) is 7.85. The molecular weight excluding hydrogens is 208 g/mol. The van der Waals surface area contributed by atoms with Crippen LogP contribution in [0.1, 0.15) is 33.1 Å². The van der Waals surface area contributed by atoms with Crippen LogP contribution in [0, 0.1) is 0 Å². The van der Waals surface area contributed by atoms with Crippen LogP contribution in [0.5, 0.6) is 0 Å². The Bertz CT molecular complexity index is 279. The van der Waals surface area contributed by atoms with Crippen molar-refractivity contribution in [2.75, 3.05) is 6.61 Å². The summed E-state index contributed by atoms with van der Waals surface area (Å²) in [7, 11) is 0. The summed E-state index contributed by atoms with van der Waals surface area (Å²) in [5, 5.41) is 0. The molecule has 0 unspecified atom stereocenters. The number of carbonyl (C=O) groups is 2. The van der Waals surface area contributed by atoms with Gasteiger partial charge < -0.3 is 9.47 Å². The molecule has 4 nitrogen and oxygen atoms in total. The molecule has 0 bridgehead atoms. The molecule has 0 radical (unpaired) electrons. The molecular formula is C12H18O4. The number of allylic oxidation sites excluding steroid dienone is 1. The third kappa shape index (κ3) is 6.01. The van der Waals surface area contributed by atoms with Crippen molar-refractivity contribution in [3.05, 3.63) is 24.5 Å². The zero-order valence-corrected chi connectivity index (χ0v) is 9.82. The minimum Gasteiger partial charge on any atom is -0.463 e. The van der Waals surface area contributed by atoms with Gasteiger partial charge in [0.1, 0.15) is 6.26 Å². The molecule has 0 amide bonds. The summed E-state index contributed by atoms with van der Waals surface area (Å²) >= 11 is 0. The summed E-state index contributed by atoms with van der Waals surface area (Å²) in [5.74, 6) is -0.833. The predicted octanol–water partition coefficient (Wildman–Crippen LogP) is 2.35. The highest BCUT2D eigenvalue weighted by Crippen LogP contribution is 2.06. The Morgan fingerprint density at radius 1 is 1.31 bits per heavy atom.